The standard InChI is InChI=1S/C24H20O4/c1-26-22-13-19(15-25)21-14-20(28-23(21)24(22)27-2)12-16-8-10-18(11-9-16)17-6-4-3-5-7-17/h3-11,13-15H,12H2,1-2H3. The number of aldehydes is 1. The highest BCUT2D eigenvalue weighted by Crippen LogP contribution is 2.39. The van der Waals surface area contributed by atoms with Crippen LogP contribution in [0.4, 0.5) is 0 Å². The zero-order chi connectivity index (χ0) is 19.5. The Morgan fingerprint density at radius 3 is 2.25 bits per heavy atom. The summed E-state index contributed by atoms with van der Waals surface area (Å²) in [7, 11) is 3.10. The fourth-order valence-electron chi connectivity index (χ4n) is 3.40. The Bertz CT molecular complexity index is 1110. The van der Waals surface area contributed by atoms with E-state index in [1.54, 1.807) is 13.2 Å². The van der Waals surface area contributed by atoms with Crippen LogP contribution in [0.25, 0.3) is 22.1 Å². The number of methoxy groups -OCH3 is 2. The molecule has 0 aliphatic carbocycles. The molecule has 0 radical (unpaired) electrons. The number of carbonyl (C=O) groups is 1. The van der Waals surface area contributed by atoms with Crippen LogP contribution in [0.2, 0.25) is 0 Å². The Kier molecular flexibility index (Phi) is 4.85. The average Bonchev–Trinajstić information content (AvgIpc) is 3.17. The van der Waals surface area contributed by atoms with Crippen LogP contribution in [0, 0.1) is 0 Å². The third-order valence-electron chi connectivity index (χ3n) is 4.80. The van der Waals surface area contributed by atoms with Gasteiger partial charge < -0.3 is 13.9 Å². The van der Waals surface area contributed by atoms with Crippen molar-refractivity contribution < 1.29 is 18.7 Å². The van der Waals surface area contributed by atoms with E-state index in [9.17, 15) is 4.79 Å². The molecular formula is C24H20O4. The van der Waals surface area contributed by atoms with Gasteiger partial charge in [-0.05, 0) is 28.8 Å². The van der Waals surface area contributed by atoms with E-state index in [0.717, 1.165) is 23.0 Å². The van der Waals surface area contributed by atoms with Gasteiger partial charge in [-0.1, -0.05) is 54.6 Å². The quantitative estimate of drug-likeness (QED) is 0.418. The Labute approximate surface area is 163 Å². The fraction of sp³-hybridized carbons (Fsp3) is 0.125. The monoisotopic (exact) mass is 372 g/mol. The molecule has 0 fully saturated rings. The summed E-state index contributed by atoms with van der Waals surface area (Å²) >= 11 is 0. The molecule has 0 atom stereocenters. The first-order valence-corrected chi connectivity index (χ1v) is 9.00. The molecule has 0 aliphatic heterocycles. The first-order chi connectivity index (χ1) is 13.7. The van der Waals surface area contributed by atoms with Crippen LogP contribution in [0.3, 0.4) is 0 Å². The van der Waals surface area contributed by atoms with Gasteiger partial charge in [0.15, 0.2) is 17.6 Å². The van der Waals surface area contributed by atoms with Gasteiger partial charge in [-0.2, -0.15) is 0 Å². The summed E-state index contributed by atoms with van der Waals surface area (Å²) in [5.41, 5.74) is 4.52. The Balaban J connectivity index is 1.67. The lowest BCUT2D eigenvalue weighted by molar-refractivity contribution is 0.112. The smallest absolute Gasteiger partial charge is 0.204 e. The second kappa shape index (κ2) is 7.61. The van der Waals surface area contributed by atoms with Crippen molar-refractivity contribution in [2.24, 2.45) is 0 Å². The number of furan rings is 1. The number of hydrogen-bond acceptors (Lipinski definition) is 4. The molecule has 0 amide bonds. The number of hydrogen-bond donors (Lipinski definition) is 0. The van der Waals surface area contributed by atoms with Gasteiger partial charge in [-0.25, -0.2) is 0 Å². The number of rotatable bonds is 6. The van der Waals surface area contributed by atoms with Gasteiger partial charge in [0.05, 0.1) is 14.2 Å². The van der Waals surface area contributed by atoms with Crippen LogP contribution >= 0.6 is 0 Å². The molecule has 4 aromatic rings. The van der Waals surface area contributed by atoms with E-state index in [4.69, 9.17) is 13.9 Å². The molecule has 4 nitrogen and oxygen atoms in total. The molecule has 4 rings (SSSR count). The normalized spacial score (nSPS) is 10.8. The zero-order valence-electron chi connectivity index (χ0n) is 15.8. The van der Waals surface area contributed by atoms with Crippen LogP contribution in [-0.4, -0.2) is 20.5 Å². The Morgan fingerprint density at radius 1 is 0.893 bits per heavy atom. The maximum atomic E-state index is 11.5. The van der Waals surface area contributed by atoms with Crippen LogP contribution in [0.15, 0.2) is 71.1 Å². The summed E-state index contributed by atoms with van der Waals surface area (Å²) in [6.45, 7) is 0. The minimum Gasteiger partial charge on any atom is -0.493 e. The molecule has 140 valence electrons. The van der Waals surface area contributed by atoms with Gasteiger partial charge in [0.25, 0.3) is 0 Å². The van der Waals surface area contributed by atoms with Crippen molar-refractivity contribution >= 4 is 17.3 Å². The van der Waals surface area contributed by atoms with Crippen molar-refractivity contribution in [3.63, 3.8) is 0 Å². The van der Waals surface area contributed by atoms with Crippen LogP contribution in [0.5, 0.6) is 11.5 Å². The first-order valence-electron chi connectivity index (χ1n) is 9.00. The molecule has 0 saturated heterocycles. The van der Waals surface area contributed by atoms with Crippen molar-refractivity contribution in [3.05, 3.63) is 83.6 Å². The van der Waals surface area contributed by atoms with Crippen molar-refractivity contribution in [1.29, 1.82) is 0 Å². The number of fused-ring (bicyclic) bond motifs is 1. The molecule has 0 bridgehead atoms. The zero-order valence-corrected chi connectivity index (χ0v) is 15.8. The van der Waals surface area contributed by atoms with E-state index in [0.29, 0.717) is 29.1 Å². The molecule has 3 aromatic carbocycles. The van der Waals surface area contributed by atoms with E-state index in [-0.39, 0.29) is 0 Å². The largest absolute Gasteiger partial charge is 0.493 e. The van der Waals surface area contributed by atoms with E-state index in [2.05, 4.69) is 36.4 Å². The summed E-state index contributed by atoms with van der Waals surface area (Å²) in [6, 6.07) is 22.2. The van der Waals surface area contributed by atoms with E-state index in [1.165, 1.54) is 18.2 Å². The van der Waals surface area contributed by atoms with Gasteiger partial charge >= 0.3 is 0 Å². The molecule has 0 spiro atoms. The predicted molar refractivity (Wildman–Crippen MR) is 109 cm³/mol. The highest BCUT2D eigenvalue weighted by molar-refractivity contribution is 6.00. The molecular weight excluding hydrogens is 352 g/mol. The highest BCUT2D eigenvalue weighted by Gasteiger charge is 2.18. The van der Waals surface area contributed by atoms with Crippen LogP contribution < -0.4 is 9.47 Å². The molecule has 0 aliphatic rings. The molecule has 4 heteroatoms. The first kappa shape index (κ1) is 17.9. The summed E-state index contributed by atoms with van der Waals surface area (Å²) in [4.78, 5) is 11.5. The average molecular weight is 372 g/mol. The Morgan fingerprint density at radius 2 is 1.61 bits per heavy atom. The van der Waals surface area contributed by atoms with Crippen LogP contribution in [0.1, 0.15) is 21.7 Å². The molecule has 0 unspecified atom stereocenters. The molecule has 28 heavy (non-hydrogen) atoms. The van der Waals surface area contributed by atoms with E-state index in [1.807, 2.05) is 24.3 Å². The summed E-state index contributed by atoms with van der Waals surface area (Å²) in [5, 5.41) is 0.726. The lowest BCUT2D eigenvalue weighted by Gasteiger charge is -2.08. The van der Waals surface area contributed by atoms with Gasteiger partial charge in [0, 0.05) is 17.4 Å². The van der Waals surface area contributed by atoms with Crippen molar-refractivity contribution in [1.82, 2.24) is 0 Å². The van der Waals surface area contributed by atoms with Crippen LogP contribution in [-0.2, 0) is 6.42 Å². The van der Waals surface area contributed by atoms with Gasteiger partial charge in [-0.15, -0.1) is 0 Å². The second-order valence-electron chi connectivity index (χ2n) is 6.51. The van der Waals surface area contributed by atoms with Gasteiger partial charge in [0.1, 0.15) is 5.76 Å². The molecule has 1 heterocycles. The maximum absolute atomic E-state index is 11.5. The maximum Gasteiger partial charge on any atom is 0.204 e. The summed E-state index contributed by atoms with van der Waals surface area (Å²) < 4.78 is 16.8. The highest BCUT2D eigenvalue weighted by atomic mass is 16.5. The Hall–Kier alpha value is -3.53. The lowest BCUT2D eigenvalue weighted by Crippen LogP contribution is -1.93. The van der Waals surface area contributed by atoms with Crippen molar-refractivity contribution in [2.75, 3.05) is 14.2 Å². The number of carbonyl (C=O) groups excluding carboxylic acids is 1. The van der Waals surface area contributed by atoms with Gasteiger partial charge in [-0.3, -0.25) is 4.79 Å². The minimum absolute atomic E-state index is 0.477. The molecule has 0 saturated carbocycles. The van der Waals surface area contributed by atoms with Crippen molar-refractivity contribution in [3.8, 4) is 22.6 Å². The SMILES string of the molecule is COc1cc(C=O)c2cc(Cc3ccc(-c4ccccc4)cc3)oc2c1OC. The van der Waals surface area contributed by atoms with Crippen molar-refractivity contribution in [2.45, 2.75) is 6.42 Å². The number of ether oxygens (including phenoxy) is 2. The predicted octanol–water partition coefficient (Wildman–Crippen LogP) is 5.52. The van der Waals surface area contributed by atoms with Gasteiger partial charge in [0.2, 0.25) is 5.75 Å². The molecule has 1 aromatic heterocycles. The summed E-state index contributed by atoms with van der Waals surface area (Å²) in [5.74, 6) is 1.73. The molecule has 0 N–H and O–H groups in total. The van der Waals surface area contributed by atoms with E-state index >= 15 is 0 Å². The summed E-state index contributed by atoms with van der Waals surface area (Å²) in [6.07, 6.45) is 1.42. The topological polar surface area (TPSA) is 48.7 Å². The fourth-order valence-corrected chi connectivity index (χ4v) is 3.40. The van der Waals surface area contributed by atoms with E-state index < -0.39 is 0 Å². The third kappa shape index (κ3) is 3.25. The number of benzene rings is 3. The lowest BCUT2D eigenvalue weighted by atomic mass is 10.0. The second-order valence-corrected chi connectivity index (χ2v) is 6.51. The minimum atomic E-state index is 0.477. The third-order valence-corrected chi connectivity index (χ3v) is 4.80.